The lowest BCUT2D eigenvalue weighted by Gasteiger charge is -2.22. The van der Waals surface area contributed by atoms with Crippen molar-refractivity contribution in [2.45, 2.75) is 38.8 Å². The van der Waals surface area contributed by atoms with Crippen molar-refractivity contribution < 1.29 is 19.0 Å². The predicted octanol–water partition coefficient (Wildman–Crippen LogP) is 2.38. The minimum absolute atomic E-state index is 0.255. The van der Waals surface area contributed by atoms with Crippen molar-refractivity contribution in [3.8, 4) is 11.5 Å². The van der Waals surface area contributed by atoms with Gasteiger partial charge in [0.25, 0.3) is 0 Å². The van der Waals surface area contributed by atoms with E-state index < -0.39 is 5.60 Å². The number of rotatable bonds is 3. The van der Waals surface area contributed by atoms with Crippen LogP contribution in [0.25, 0.3) is 0 Å². The molecule has 1 atom stereocenters. The maximum atomic E-state index is 12.1. The van der Waals surface area contributed by atoms with Crippen molar-refractivity contribution in [2.24, 2.45) is 0 Å². The number of nitrogens with one attached hydrogen (secondary N) is 1. The first-order valence-electron chi connectivity index (χ1n) is 6.58. The Morgan fingerprint density at radius 1 is 1.25 bits per heavy atom. The molecular formula is C15H21NO4. The van der Waals surface area contributed by atoms with Crippen molar-refractivity contribution in [3.05, 3.63) is 17.7 Å². The van der Waals surface area contributed by atoms with Gasteiger partial charge in [-0.15, -0.1) is 0 Å². The third-order valence-electron chi connectivity index (χ3n) is 3.07. The van der Waals surface area contributed by atoms with Crippen LogP contribution < -0.4 is 14.8 Å². The normalized spacial score (nSPS) is 17.1. The van der Waals surface area contributed by atoms with Crippen molar-refractivity contribution in [1.82, 2.24) is 0 Å². The molecule has 1 aliphatic rings. The van der Waals surface area contributed by atoms with Gasteiger partial charge < -0.3 is 19.5 Å². The fraction of sp³-hybridized carbons (Fsp3) is 0.533. The van der Waals surface area contributed by atoms with Crippen molar-refractivity contribution in [3.63, 3.8) is 0 Å². The van der Waals surface area contributed by atoms with Gasteiger partial charge in [0.1, 0.15) is 23.1 Å². The third kappa shape index (κ3) is 2.98. The molecule has 1 aromatic carbocycles. The lowest BCUT2D eigenvalue weighted by Crippen LogP contribution is -2.35. The fourth-order valence-corrected chi connectivity index (χ4v) is 2.22. The number of benzene rings is 1. The van der Waals surface area contributed by atoms with Gasteiger partial charge in [-0.3, -0.25) is 0 Å². The smallest absolute Gasteiger partial charge is 0.329 e. The van der Waals surface area contributed by atoms with Crippen LogP contribution in [0.4, 0.5) is 5.69 Å². The number of esters is 1. The highest BCUT2D eigenvalue weighted by Crippen LogP contribution is 2.38. The Bertz CT molecular complexity index is 519. The van der Waals surface area contributed by atoms with Gasteiger partial charge in [-0.2, -0.15) is 0 Å². The van der Waals surface area contributed by atoms with E-state index in [-0.39, 0.29) is 12.0 Å². The second kappa shape index (κ2) is 5.23. The second-order valence-electron chi connectivity index (χ2n) is 5.79. The minimum atomic E-state index is -0.491. The van der Waals surface area contributed by atoms with Crippen molar-refractivity contribution in [2.75, 3.05) is 19.5 Å². The van der Waals surface area contributed by atoms with Gasteiger partial charge in [-0.05, 0) is 20.8 Å². The molecule has 0 amide bonds. The molecule has 1 unspecified atom stereocenters. The molecule has 1 aromatic rings. The quantitative estimate of drug-likeness (QED) is 0.861. The predicted molar refractivity (Wildman–Crippen MR) is 76.5 cm³/mol. The Labute approximate surface area is 119 Å². The number of carbonyl (C=O) groups excluding carboxylic acids is 1. The summed E-state index contributed by atoms with van der Waals surface area (Å²) in [6.07, 6.45) is 0.553. The van der Waals surface area contributed by atoms with Gasteiger partial charge in [-0.25, -0.2) is 4.79 Å². The minimum Gasteiger partial charge on any atom is -0.497 e. The van der Waals surface area contributed by atoms with Crippen LogP contribution in [-0.2, 0) is 16.0 Å². The first-order chi connectivity index (χ1) is 9.34. The topological polar surface area (TPSA) is 56.8 Å². The Balaban J connectivity index is 2.20. The lowest BCUT2D eigenvalue weighted by molar-refractivity contribution is -0.155. The molecule has 110 valence electrons. The molecule has 0 aliphatic carbocycles. The number of fused-ring (bicyclic) bond motifs is 1. The average Bonchev–Trinajstić information content (AvgIpc) is 2.79. The molecule has 1 N–H and O–H groups in total. The molecule has 5 heteroatoms. The number of hydrogen-bond donors (Lipinski definition) is 1. The molecule has 20 heavy (non-hydrogen) atoms. The van der Waals surface area contributed by atoms with E-state index in [0.717, 1.165) is 17.0 Å². The first-order valence-corrected chi connectivity index (χ1v) is 6.58. The molecule has 0 fully saturated rings. The van der Waals surface area contributed by atoms with Crippen LogP contribution in [0.3, 0.4) is 0 Å². The third-order valence-corrected chi connectivity index (χ3v) is 3.07. The summed E-state index contributed by atoms with van der Waals surface area (Å²) >= 11 is 0. The maximum Gasteiger partial charge on any atom is 0.329 e. The van der Waals surface area contributed by atoms with Crippen LogP contribution >= 0.6 is 0 Å². The molecule has 0 saturated carbocycles. The highest BCUT2D eigenvalue weighted by Gasteiger charge is 2.32. The van der Waals surface area contributed by atoms with Crippen LogP contribution in [0.1, 0.15) is 26.3 Å². The lowest BCUT2D eigenvalue weighted by atomic mass is 10.1. The molecule has 0 aromatic heterocycles. The number of hydrogen-bond acceptors (Lipinski definition) is 5. The van der Waals surface area contributed by atoms with Crippen molar-refractivity contribution in [1.29, 1.82) is 0 Å². The molecule has 5 nitrogen and oxygen atoms in total. The monoisotopic (exact) mass is 279 g/mol. The summed E-state index contributed by atoms with van der Waals surface area (Å²) in [6.45, 7) is 5.57. The maximum absolute atomic E-state index is 12.1. The summed E-state index contributed by atoms with van der Waals surface area (Å²) in [5, 5.41) is 3.17. The van der Waals surface area contributed by atoms with Gasteiger partial charge in [0.15, 0.2) is 0 Å². The Morgan fingerprint density at radius 2 is 1.95 bits per heavy atom. The summed E-state index contributed by atoms with van der Waals surface area (Å²) in [7, 11) is 3.21. The van der Waals surface area contributed by atoms with Crippen LogP contribution in [0, 0.1) is 0 Å². The molecule has 1 aliphatic heterocycles. The standard InChI is InChI=1S/C15H21NO4/c1-15(2,3)20-14(17)12-8-10-11(16-12)6-9(18-4)7-13(10)19-5/h6-7,12,16H,8H2,1-5H3. The number of methoxy groups -OCH3 is 2. The summed E-state index contributed by atoms with van der Waals surface area (Å²) in [5.41, 5.74) is 1.34. The summed E-state index contributed by atoms with van der Waals surface area (Å²) < 4.78 is 16.0. The van der Waals surface area contributed by atoms with E-state index in [1.807, 2.05) is 32.9 Å². The molecule has 2 rings (SSSR count). The highest BCUT2D eigenvalue weighted by atomic mass is 16.6. The molecule has 1 heterocycles. The number of ether oxygens (including phenoxy) is 3. The molecular weight excluding hydrogens is 258 g/mol. The Kier molecular flexibility index (Phi) is 3.79. The zero-order valence-corrected chi connectivity index (χ0v) is 12.6. The van der Waals surface area contributed by atoms with Crippen LogP contribution in [0.5, 0.6) is 11.5 Å². The zero-order chi connectivity index (χ0) is 14.9. The fourth-order valence-electron chi connectivity index (χ4n) is 2.22. The van der Waals surface area contributed by atoms with E-state index in [2.05, 4.69) is 5.32 Å². The Morgan fingerprint density at radius 3 is 2.50 bits per heavy atom. The summed E-state index contributed by atoms with van der Waals surface area (Å²) in [4.78, 5) is 12.1. The van der Waals surface area contributed by atoms with E-state index >= 15 is 0 Å². The summed E-state index contributed by atoms with van der Waals surface area (Å²) in [5.74, 6) is 1.16. The first kappa shape index (κ1) is 14.5. The van der Waals surface area contributed by atoms with E-state index in [1.54, 1.807) is 14.2 Å². The van der Waals surface area contributed by atoms with E-state index in [9.17, 15) is 4.79 Å². The summed E-state index contributed by atoms with van der Waals surface area (Å²) in [6, 6.07) is 3.30. The van der Waals surface area contributed by atoms with E-state index in [4.69, 9.17) is 14.2 Å². The van der Waals surface area contributed by atoms with Gasteiger partial charge in [-0.1, -0.05) is 0 Å². The molecule has 0 bridgehead atoms. The van der Waals surface area contributed by atoms with Gasteiger partial charge in [0, 0.05) is 29.8 Å². The van der Waals surface area contributed by atoms with Gasteiger partial charge >= 0.3 is 5.97 Å². The largest absolute Gasteiger partial charge is 0.497 e. The average molecular weight is 279 g/mol. The zero-order valence-electron chi connectivity index (χ0n) is 12.6. The van der Waals surface area contributed by atoms with E-state index in [1.165, 1.54) is 0 Å². The van der Waals surface area contributed by atoms with Gasteiger partial charge in [0.2, 0.25) is 0 Å². The van der Waals surface area contributed by atoms with Crippen LogP contribution in [0.15, 0.2) is 12.1 Å². The Hall–Kier alpha value is -1.91. The number of carbonyl (C=O) groups is 1. The highest BCUT2D eigenvalue weighted by molar-refractivity contribution is 5.84. The van der Waals surface area contributed by atoms with Crippen LogP contribution in [0.2, 0.25) is 0 Å². The number of anilines is 1. The van der Waals surface area contributed by atoms with E-state index in [0.29, 0.717) is 12.2 Å². The van der Waals surface area contributed by atoms with Gasteiger partial charge in [0.05, 0.1) is 14.2 Å². The molecule has 0 radical (unpaired) electrons. The SMILES string of the molecule is COc1cc2c(c(OC)c1)CC(C(=O)OC(C)(C)C)N2. The molecule has 0 spiro atoms. The second-order valence-corrected chi connectivity index (χ2v) is 5.79. The molecule has 0 saturated heterocycles. The van der Waals surface area contributed by atoms with Crippen LogP contribution in [-0.4, -0.2) is 31.8 Å². The van der Waals surface area contributed by atoms with Crippen molar-refractivity contribution >= 4 is 11.7 Å².